The van der Waals surface area contributed by atoms with Crippen LogP contribution in [-0.4, -0.2) is 21.4 Å². The third-order valence-electron chi connectivity index (χ3n) is 3.83. The number of furan rings is 1. The number of hydrogen-bond donors (Lipinski definition) is 2. The van der Waals surface area contributed by atoms with Crippen molar-refractivity contribution in [3.05, 3.63) is 77.2 Å². The summed E-state index contributed by atoms with van der Waals surface area (Å²) in [6.07, 6.45) is 1.50. The van der Waals surface area contributed by atoms with Crippen LogP contribution >= 0.6 is 11.6 Å². The molecule has 0 radical (unpaired) electrons. The number of benzene rings is 2. The van der Waals surface area contributed by atoms with Crippen LogP contribution in [0, 0.1) is 0 Å². The highest BCUT2D eigenvalue weighted by atomic mass is 35.5. The van der Waals surface area contributed by atoms with Crippen molar-refractivity contribution in [2.24, 2.45) is 0 Å². The Morgan fingerprint density at radius 1 is 1.14 bits per heavy atom. The molecule has 0 spiro atoms. The third-order valence-corrected chi connectivity index (χ3v) is 5.69. The van der Waals surface area contributed by atoms with E-state index < -0.39 is 15.9 Å². The van der Waals surface area contributed by atoms with E-state index in [0.717, 1.165) is 0 Å². The molecular formula is C19H17ClN2O5S. The van der Waals surface area contributed by atoms with Crippen LogP contribution in [0.4, 0.5) is 5.69 Å². The lowest BCUT2D eigenvalue weighted by molar-refractivity contribution is 0.0948. The Morgan fingerprint density at radius 2 is 1.89 bits per heavy atom. The van der Waals surface area contributed by atoms with Crippen molar-refractivity contribution >= 4 is 33.2 Å². The molecule has 0 bridgehead atoms. The lowest BCUT2D eigenvalue weighted by Gasteiger charge is -2.11. The number of anilines is 1. The summed E-state index contributed by atoms with van der Waals surface area (Å²) in [6.45, 7) is 0.181. The summed E-state index contributed by atoms with van der Waals surface area (Å²) in [4.78, 5) is 12.1. The maximum atomic E-state index is 12.7. The minimum atomic E-state index is -4.00. The van der Waals surface area contributed by atoms with E-state index in [9.17, 15) is 13.2 Å². The maximum absolute atomic E-state index is 12.7. The lowest BCUT2D eigenvalue weighted by Crippen LogP contribution is -2.23. The Hall–Kier alpha value is -2.97. The molecule has 1 amide bonds. The molecule has 1 heterocycles. The zero-order chi connectivity index (χ0) is 20.1. The first-order chi connectivity index (χ1) is 13.4. The van der Waals surface area contributed by atoms with Crippen LogP contribution in [0.25, 0.3) is 0 Å². The molecule has 0 saturated carbocycles. The molecule has 28 heavy (non-hydrogen) atoms. The zero-order valence-electron chi connectivity index (χ0n) is 14.8. The largest absolute Gasteiger partial charge is 0.497 e. The number of nitrogens with one attached hydrogen (secondary N) is 2. The Kier molecular flexibility index (Phi) is 5.91. The average Bonchev–Trinajstić information content (AvgIpc) is 3.20. The number of carbonyl (C=O) groups excluding carboxylic acids is 1. The molecule has 0 unspecified atom stereocenters. The Bertz CT molecular complexity index is 1060. The van der Waals surface area contributed by atoms with Crippen LogP contribution in [0.3, 0.4) is 0 Å². The Balaban J connectivity index is 1.79. The summed E-state index contributed by atoms with van der Waals surface area (Å²) in [5.74, 6) is 0.724. The van der Waals surface area contributed by atoms with Crippen molar-refractivity contribution < 1.29 is 22.4 Å². The molecule has 2 N–H and O–H groups in total. The highest BCUT2D eigenvalue weighted by Crippen LogP contribution is 2.26. The van der Waals surface area contributed by atoms with Gasteiger partial charge in [-0.1, -0.05) is 11.6 Å². The third kappa shape index (κ3) is 4.65. The van der Waals surface area contributed by atoms with Crippen molar-refractivity contribution in [2.45, 2.75) is 11.4 Å². The van der Waals surface area contributed by atoms with E-state index in [0.29, 0.717) is 17.2 Å². The second-order valence-electron chi connectivity index (χ2n) is 5.74. The molecule has 1 aromatic heterocycles. The van der Waals surface area contributed by atoms with E-state index in [1.54, 1.807) is 36.4 Å². The number of methoxy groups -OCH3 is 1. The highest BCUT2D eigenvalue weighted by Gasteiger charge is 2.20. The van der Waals surface area contributed by atoms with Crippen molar-refractivity contribution in [3.8, 4) is 5.75 Å². The molecule has 0 aliphatic heterocycles. The summed E-state index contributed by atoms with van der Waals surface area (Å²) >= 11 is 6.07. The summed E-state index contributed by atoms with van der Waals surface area (Å²) in [7, 11) is -2.48. The first-order valence-electron chi connectivity index (χ1n) is 8.16. The van der Waals surface area contributed by atoms with Gasteiger partial charge in [-0.2, -0.15) is 0 Å². The summed E-state index contributed by atoms with van der Waals surface area (Å²) in [5.41, 5.74) is 0.496. The normalized spacial score (nSPS) is 11.1. The molecule has 2 aromatic carbocycles. The SMILES string of the molecule is COc1ccc(NS(=O)(=O)c2cc(C(=O)NCc3ccco3)ccc2Cl)cc1. The number of halogens is 1. The van der Waals surface area contributed by atoms with Gasteiger partial charge in [-0.05, 0) is 54.6 Å². The van der Waals surface area contributed by atoms with E-state index >= 15 is 0 Å². The van der Waals surface area contributed by atoms with Crippen molar-refractivity contribution in [1.82, 2.24) is 5.32 Å². The number of carbonyl (C=O) groups is 1. The molecular weight excluding hydrogens is 404 g/mol. The fourth-order valence-electron chi connectivity index (χ4n) is 2.40. The molecule has 0 atom stereocenters. The van der Waals surface area contributed by atoms with E-state index in [1.807, 2.05) is 0 Å². The van der Waals surface area contributed by atoms with Crippen molar-refractivity contribution in [2.75, 3.05) is 11.8 Å². The first-order valence-corrected chi connectivity index (χ1v) is 10.0. The van der Waals surface area contributed by atoms with Gasteiger partial charge < -0.3 is 14.5 Å². The molecule has 3 aromatic rings. The van der Waals surface area contributed by atoms with Gasteiger partial charge in [0.25, 0.3) is 15.9 Å². The van der Waals surface area contributed by atoms with Gasteiger partial charge in [-0.3, -0.25) is 9.52 Å². The second kappa shape index (κ2) is 8.37. The van der Waals surface area contributed by atoms with Crippen molar-refractivity contribution in [1.29, 1.82) is 0 Å². The van der Waals surface area contributed by atoms with Gasteiger partial charge in [0, 0.05) is 11.3 Å². The summed E-state index contributed by atoms with van der Waals surface area (Å²) in [5, 5.41) is 2.66. The predicted octanol–water partition coefficient (Wildman–Crippen LogP) is 3.67. The van der Waals surface area contributed by atoms with Crippen LogP contribution in [-0.2, 0) is 16.6 Å². The van der Waals surface area contributed by atoms with Gasteiger partial charge in [-0.15, -0.1) is 0 Å². The van der Waals surface area contributed by atoms with Gasteiger partial charge in [-0.25, -0.2) is 8.42 Å². The predicted molar refractivity (Wildman–Crippen MR) is 105 cm³/mol. The average molecular weight is 421 g/mol. The fraction of sp³-hybridized carbons (Fsp3) is 0.105. The first kappa shape index (κ1) is 19.8. The molecule has 9 heteroatoms. The minimum absolute atomic E-state index is 0.00333. The Labute approximate surface area is 167 Å². The summed E-state index contributed by atoms with van der Waals surface area (Å²) in [6, 6.07) is 13.8. The van der Waals surface area contributed by atoms with Crippen LogP contribution in [0.15, 0.2) is 70.2 Å². The molecule has 0 saturated heterocycles. The van der Waals surface area contributed by atoms with Crippen LogP contribution in [0.5, 0.6) is 5.75 Å². The zero-order valence-corrected chi connectivity index (χ0v) is 16.4. The standard InChI is InChI=1S/C19H17ClN2O5S/c1-26-15-7-5-14(6-8-15)22-28(24,25)18-11-13(4-9-17(18)20)19(23)21-12-16-3-2-10-27-16/h2-11,22H,12H2,1H3,(H,21,23). The number of hydrogen-bond acceptors (Lipinski definition) is 5. The molecule has 0 aliphatic carbocycles. The monoisotopic (exact) mass is 420 g/mol. The van der Waals surface area contributed by atoms with Gasteiger partial charge >= 0.3 is 0 Å². The second-order valence-corrected chi connectivity index (χ2v) is 7.80. The van der Waals surface area contributed by atoms with Crippen molar-refractivity contribution in [3.63, 3.8) is 0 Å². The quantitative estimate of drug-likeness (QED) is 0.607. The number of rotatable bonds is 7. The fourth-order valence-corrected chi connectivity index (χ4v) is 3.99. The minimum Gasteiger partial charge on any atom is -0.497 e. The highest BCUT2D eigenvalue weighted by molar-refractivity contribution is 7.92. The van der Waals surface area contributed by atoms with Crippen LogP contribution < -0.4 is 14.8 Å². The number of ether oxygens (including phenoxy) is 1. The molecule has 0 aliphatic rings. The van der Waals surface area contributed by atoms with Crippen LogP contribution in [0.2, 0.25) is 5.02 Å². The van der Waals surface area contributed by atoms with Gasteiger partial charge in [0.1, 0.15) is 16.4 Å². The maximum Gasteiger partial charge on any atom is 0.263 e. The van der Waals surface area contributed by atoms with E-state index in [2.05, 4.69) is 10.0 Å². The van der Waals surface area contributed by atoms with E-state index in [4.69, 9.17) is 20.8 Å². The lowest BCUT2D eigenvalue weighted by atomic mass is 10.2. The van der Waals surface area contributed by atoms with Gasteiger partial charge in [0.2, 0.25) is 0 Å². The molecule has 7 nitrogen and oxygen atoms in total. The molecule has 0 fully saturated rings. The topological polar surface area (TPSA) is 97.6 Å². The molecule has 146 valence electrons. The Morgan fingerprint density at radius 3 is 2.54 bits per heavy atom. The smallest absolute Gasteiger partial charge is 0.263 e. The van der Waals surface area contributed by atoms with E-state index in [-0.39, 0.29) is 22.0 Å². The number of amides is 1. The van der Waals surface area contributed by atoms with E-state index in [1.165, 1.54) is 31.6 Å². The van der Waals surface area contributed by atoms with Gasteiger partial charge in [0.05, 0.1) is 24.9 Å². The van der Waals surface area contributed by atoms with Gasteiger partial charge in [0.15, 0.2) is 0 Å². The summed E-state index contributed by atoms with van der Waals surface area (Å²) < 4.78 is 38.1. The van der Waals surface area contributed by atoms with Crippen LogP contribution in [0.1, 0.15) is 16.1 Å². The molecule has 3 rings (SSSR count). The number of sulfonamides is 1.